The van der Waals surface area contributed by atoms with Gasteiger partial charge in [0, 0.05) is 0 Å². The summed E-state index contributed by atoms with van der Waals surface area (Å²) in [6.45, 7) is -0.243. The van der Waals surface area contributed by atoms with E-state index in [4.69, 9.17) is 25.7 Å². The van der Waals surface area contributed by atoms with E-state index in [1.807, 2.05) is 0 Å². The predicted molar refractivity (Wildman–Crippen MR) is 120 cm³/mol. The number of anilines is 1. The number of phosphoric acid groups is 3. The van der Waals surface area contributed by atoms with E-state index in [9.17, 15) is 38.5 Å². The highest BCUT2D eigenvalue weighted by atomic mass is 31.3. The maximum atomic E-state index is 15.6. The van der Waals surface area contributed by atoms with Crippen LogP contribution in [0, 0.1) is 12.3 Å². The number of hydrogen-bond donors (Lipinski definition) is 7. The average molecular weight is 621 g/mol. The summed E-state index contributed by atoms with van der Waals surface area (Å²) in [4.78, 5) is 59.3. The fourth-order valence-corrected chi connectivity index (χ4v) is 6.22. The molecule has 1 amide bonds. The number of nitrogens with zero attached hydrogens (tertiary/aromatic N) is 4. The minimum absolute atomic E-state index is 0.0243. The van der Waals surface area contributed by atoms with E-state index >= 15 is 4.39 Å². The van der Waals surface area contributed by atoms with Gasteiger partial charge in [-0.05, 0) is 6.92 Å². The zero-order valence-corrected chi connectivity index (χ0v) is 21.9. The number of carbonyl (C=O) groups is 1. The molecule has 2 unspecified atom stereocenters. The molecule has 1 aliphatic rings. The summed E-state index contributed by atoms with van der Waals surface area (Å²) in [5, 5.41) is 23.6. The van der Waals surface area contributed by atoms with Gasteiger partial charge in [0.05, 0.1) is 12.9 Å². The van der Waals surface area contributed by atoms with E-state index in [-0.39, 0.29) is 23.6 Å². The van der Waals surface area contributed by atoms with Gasteiger partial charge >= 0.3 is 29.6 Å². The van der Waals surface area contributed by atoms with Crippen LogP contribution in [-0.4, -0.2) is 86.2 Å². The molecule has 2 aromatic rings. The molecule has 216 valence electrons. The highest BCUT2D eigenvalue weighted by Crippen LogP contribution is 2.66. The zero-order valence-electron chi connectivity index (χ0n) is 19.2. The van der Waals surface area contributed by atoms with Gasteiger partial charge in [-0.15, -0.1) is 6.42 Å². The molecule has 3 rings (SSSR count). The molecule has 1 fully saturated rings. The summed E-state index contributed by atoms with van der Waals surface area (Å²) in [5.74, 6) is -2.09. The van der Waals surface area contributed by atoms with Gasteiger partial charge in [0.15, 0.2) is 29.3 Å². The largest absolute Gasteiger partial charge is 0.490 e. The Labute approximate surface area is 216 Å². The number of carbonyl (C=O) groups excluding carboxylic acids is 1. The fraction of sp³-hybridized carbons (Fsp3) is 0.467. The first-order valence-corrected chi connectivity index (χ1v) is 14.5. The molecule has 0 radical (unpaired) electrons. The van der Waals surface area contributed by atoms with Crippen molar-refractivity contribution in [3.63, 3.8) is 0 Å². The van der Waals surface area contributed by atoms with Crippen molar-refractivity contribution in [3.8, 4) is 12.3 Å². The first-order chi connectivity index (χ1) is 17.9. The normalized spacial score (nSPS) is 28.4. The number of rotatable bonds is 10. The lowest BCUT2D eigenvalue weighted by molar-refractivity contribution is -0.203. The quantitative estimate of drug-likeness (QED) is 0.132. The second kappa shape index (κ2) is 10.9. The highest BCUT2D eigenvalue weighted by molar-refractivity contribution is 7.66. The Kier molecular flexibility index (Phi) is 8.68. The van der Waals surface area contributed by atoms with Gasteiger partial charge < -0.3 is 39.3 Å². The van der Waals surface area contributed by atoms with E-state index in [0.717, 1.165) is 17.2 Å². The number of nitrogens with one attached hydrogen (secondary N) is 1. The fourth-order valence-electron chi connectivity index (χ4n) is 3.19. The van der Waals surface area contributed by atoms with Crippen molar-refractivity contribution in [2.45, 2.75) is 30.7 Å². The van der Waals surface area contributed by atoms with Crippen LogP contribution in [0.1, 0.15) is 13.2 Å². The predicted octanol–water partition coefficient (Wildman–Crippen LogP) is -0.342. The monoisotopic (exact) mass is 621 g/mol. The maximum Gasteiger partial charge on any atom is 0.490 e. The average Bonchev–Trinajstić information content (AvgIpc) is 3.30. The molecule has 0 spiro atoms. The summed E-state index contributed by atoms with van der Waals surface area (Å²) >= 11 is 0. The van der Waals surface area contributed by atoms with Crippen LogP contribution < -0.4 is 5.32 Å². The van der Waals surface area contributed by atoms with Crippen molar-refractivity contribution in [2.24, 2.45) is 0 Å². The molecular formula is C15H19FN5O15P3. The van der Waals surface area contributed by atoms with Crippen molar-refractivity contribution in [3.05, 3.63) is 12.7 Å². The number of hydrogen-bond acceptors (Lipinski definition) is 14. The third-order valence-electron chi connectivity index (χ3n) is 4.69. The number of aliphatic hydroxyl groups is 2. The number of ether oxygens (including phenoxy) is 2. The summed E-state index contributed by atoms with van der Waals surface area (Å²) < 4.78 is 71.5. The Morgan fingerprint density at radius 3 is 2.49 bits per heavy atom. The number of terminal acetylenes is 1. The number of imidazole rings is 1. The van der Waals surface area contributed by atoms with Crippen molar-refractivity contribution in [1.29, 1.82) is 0 Å². The third kappa shape index (κ3) is 6.85. The molecule has 20 nitrogen and oxygen atoms in total. The molecule has 0 aliphatic carbocycles. The molecule has 6 atom stereocenters. The Bertz CT molecular complexity index is 1450. The van der Waals surface area contributed by atoms with Crippen LogP contribution in [0.4, 0.5) is 15.0 Å². The van der Waals surface area contributed by atoms with Crippen molar-refractivity contribution in [2.75, 3.05) is 18.5 Å². The minimum atomic E-state index is -5.94. The van der Waals surface area contributed by atoms with Gasteiger partial charge in [-0.25, -0.2) is 37.8 Å². The SMILES string of the molecule is C#C[C@]1(O)[C@H](n2cnc3c(NC(=O)OCC)ncnc32)O[C@](F)(COP(=O)(O)OP(=O)(O)OP(=O)(O)O)[C@H]1O. The number of halogens is 1. The number of aromatic nitrogens is 4. The molecule has 7 N–H and O–H groups in total. The number of amides is 1. The van der Waals surface area contributed by atoms with Crippen LogP contribution >= 0.6 is 23.5 Å². The summed E-state index contributed by atoms with van der Waals surface area (Å²) in [5.41, 5.74) is -3.30. The van der Waals surface area contributed by atoms with E-state index in [1.54, 1.807) is 12.8 Å². The third-order valence-corrected chi connectivity index (χ3v) is 8.47. The minimum Gasteiger partial charge on any atom is -0.450 e. The van der Waals surface area contributed by atoms with E-state index in [0.29, 0.717) is 0 Å². The number of phosphoric ester groups is 1. The van der Waals surface area contributed by atoms with Gasteiger partial charge in [0.2, 0.25) is 5.60 Å². The first-order valence-electron chi connectivity index (χ1n) is 10.0. The number of fused-ring (bicyclic) bond motifs is 1. The van der Waals surface area contributed by atoms with Gasteiger partial charge in [0.1, 0.15) is 12.9 Å². The molecule has 3 heterocycles. The van der Waals surface area contributed by atoms with Crippen LogP contribution in [0.2, 0.25) is 0 Å². The Morgan fingerprint density at radius 2 is 1.90 bits per heavy atom. The Morgan fingerprint density at radius 1 is 1.23 bits per heavy atom. The standard InChI is InChI=1S/C15H19FN5O15P3/c1-3-14(24)11(22)15(16,5-33-38(28,29)36-39(30,31)35-37(25,26)27)34-12(14)21-7-19-8-9(17-6-18-10(8)21)20-13(23)32-4-2/h1,6-7,11-12,22,24H,4-5H2,2H3,(H,28,29)(H,30,31)(H2,25,26,27)(H,17,18,20,23)/t11-,12+,14+,15+/m0/s1. The second-order valence-electron chi connectivity index (χ2n) is 7.38. The van der Waals surface area contributed by atoms with Crippen LogP contribution in [0.5, 0.6) is 0 Å². The summed E-state index contributed by atoms with van der Waals surface area (Å²) in [7, 11) is -17.5. The second-order valence-corrected chi connectivity index (χ2v) is 11.8. The molecule has 0 bridgehead atoms. The Hall–Kier alpha value is -2.40. The van der Waals surface area contributed by atoms with Gasteiger partial charge in [0.25, 0.3) is 5.85 Å². The summed E-state index contributed by atoms with van der Waals surface area (Å²) in [6.07, 6.45) is 1.43. The molecule has 0 aromatic carbocycles. The number of aliphatic hydroxyl groups excluding tert-OH is 1. The lowest BCUT2D eigenvalue weighted by atomic mass is 9.94. The molecular weight excluding hydrogens is 602 g/mol. The van der Waals surface area contributed by atoms with Crippen LogP contribution in [-0.2, 0) is 36.3 Å². The van der Waals surface area contributed by atoms with E-state index in [1.165, 1.54) is 0 Å². The van der Waals surface area contributed by atoms with Crippen LogP contribution in [0.25, 0.3) is 11.2 Å². The molecule has 0 saturated carbocycles. The van der Waals surface area contributed by atoms with Crippen molar-refractivity contribution < 1.29 is 75.3 Å². The lowest BCUT2D eigenvalue weighted by Crippen LogP contribution is -2.50. The van der Waals surface area contributed by atoms with Gasteiger partial charge in [-0.2, -0.15) is 8.62 Å². The van der Waals surface area contributed by atoms with Gasteiger partial charge in [-0.3, -0.25) is 14.4 Å². The molecule has 24 heteroatoms. The van der Waals surface area contributed by atoms with Gasteiger partial charge in [-0.1, -0.05) is 5.92 Å². The van der Waals surface area contributed by atoms with E-state index < -0.39 is 60.0 Å². The smallest absolute Gasteiger partial charge is 0.450 e. The maximum absolute atomic E-state index is 15.6. The number of alkyl halides is 1. The highest BCUT2D eigenvalue weighted by Gasteiger charge is 2.66. The summed E-state index contributed by atoms with van der Waals surface area (Å²) in [6, 6.07) is 0. The lowest BCUT2D eigenvalue weighted by Gasteiger charge is -2.26. The molecule has 1 aliphatic heterocycles. The first kappa shape index (κ1) is 31.1. The molecule has 39 heavy (non-hydrogen) atoms. The zero-order chi connectivity index (χ0) is 29.4. The topological polar surface area (TPSA) is 291 Å². The van der Waals surface area contributed by atoms with Crippen LogP contribution in [0.3, 0.4) is 0 Å². The molecule has 1 saturated heterocycles. The Balaban J connectivity index is 1.88. The van der Waals surface area contributed by atoms with Crippen molar-refractivity contribution in [1.82, 2.24) is 19.5 Å². The van der Waals surface area contributed by atoms with Crippen LogP contribution in [0.15, 0.2) is 12.7 Å². The van der Waals surface area contributed by atoms with E-state index in [2.05, 4.69) is 33.4 Å². The molecule has 2 aromatic heterocycles. The van der Waals surface area contributed by atoms with Crippen molar-refractivity contribution >= 4 is 46.5 Å².